The fourth-order valence-corrected chi connectivity index (χ4v) is 2.78. The highest BCUT2D eigenvalue weighted by Gasteiger charge is 2.10. The van der Waals surface area contributed by atoms with Crippen LogP contribution in [0.1, 0.15) is 11.1 Å². The maximum atomic E-state index is 9.12. The molecule has 2 heterocycles. The second-order valence-corrected chi connectivity index (χ2v) is 5.81. The molecule has 0 saturated heterocycles. The van der Waals surface area contributed by atoms with E-state index >= 15 is 0 Å². The van der Waals surface area contributed by atoms with Gasteiger partial charge in [0.15, 0.2) is 5.82 Å². The van der Waals surface area contributed by atoms with E-state index < -0.39 is 0 Å². The van der Waals surface area contributed by atoms with Crippen LogP contribution in [0, 0.1) is 18.3 Å². The van der Waals surface area contributed by atoms with Gasteiger partial charge in [-0.05, 0) is 36.8 Å². The van der Waals surface area contributed by atoms with Gasteiger partial charge in [-0.2, -0.15) is 5.26 Å². The average Bonchev–Trinajstić information content (AvgIpc) is 2.68. The first-order valence-corrected chi connectivity index (χ1v) is 7.95. The van der Waals surface area contributed by atoms with Crippen LogP contribution < -0.4 is 0 Å². The number of aromatic nitrogens is 3. The van der Waals surface area contributed by atoms with E-state index in [4.69, 9.17) is 10.2 Å². The fourth-order valence-electron chi connectivity index (χ4n) is 2.78. The largest absolute Gasteiger partial charge is 0.244 e. The van der Waals surface area contributed by atoms with Crippen molar-refractivity contribution in [2.45, 2.75) is 6.92 Å². The standard InChI is InChI=1S/C21H14N4/c1-14-9-10-19(21-23-13-17-6-2-3-8-18(17)25-21)24-20(14)16-7-4-5-15(11-16)12-22/h2-11,13H,1H3. The second-order valence-electron chi connectivity index (χ2n) is 5.81. The Hall–Kier alpha value is -3.58. The van der Waals surface area contributed by atoms with Crippen molar-refractivity contribution >= 4 is 10.9 Å². The highest BCUT2D eigenvalue weighted by molar-refractivity contribution is 5.79. The van der Waals surface area contributed by atoms with E-state index in [0.717, 1.165) is 27.7 Å². The van der Waals surface area contributed by atoms with Gasteiger partial charge in [-0.15, -0.1) is 0 Å². The molecule has 0 spiro atoms. The van der Waals surface area contributed by atoms with Gasteiger partial charge in [0.2, 0.25) is 0 Å². The molecule has 0 fully saturated rings. The van der Waals surface area contributed by atoms with Crippen LogP contribution in [0.4, 0.5) is 0 Å². The number of hydrogen-bond donors (Lipinski definition) is 0. The summed E-state index contributed by atoms with van der Waals surface area (Å²) in [5, 5.41) is 10.1. The first-order chi connectivity index (χ1) is 12.2. The van der Waals surface area contributed by atoms with Gasteiger partial charge in [0.25, 0.3) is 0 Å². The molecule has 4 rings (SSSR count). The summed E-state index contributed by atoms with van der Waals surface area (Å²) >= 11 is 0. The van der Waals surface area contributed by atoms with Gasteiger partial charge in [-0.25, -0.2) is 15.0 Å². The zero-order chi connectivity index (χ0) is 17.2. The fraction of sp³-hybridized carbons (Fsp3) is 0.0476. The lowest BCUT2D eigenvalue weighted by atomic mass is 10.0. The van der Waals surface area contributed by atoms with Crippen molar-refractivity contribution in [2.24, 2.45) is 0 Å². The first kappa shape index (κ1) is 15.0. The van der Waals surface area contributed by atoms with E-state index in [9.17, 15) is 0 Å². The SMILES string of the molecule is Cc1ccc(-c2ncc3ccccc3n2)nc1-c1cccc(C#N)c1. The third kappa shape index (κ3) is 2.84. The summed E-state index contributed by atoms with van der Waals surface area (Å²) in [7, 11) is 0. The minimum atomic E-state index is 0.594. The Morgan fingerprint density at radius 1 is 0.920 bits per heavy atom. The van der Waals surface area contributed by atoms with Gasteiger partial charge in [-0.3, -0.25) is 0 Å². The molecule has 0 radical (unpaired) electrons. The molecule has 4 heteroatoms. The minimum Gasteiger partial charge on any atom is -0.244 e. The zero-order valence-electron chi connectivity index (χ0n) is 13.6. The maximum Gasteiger partial charge on any atom is 0.178 e. The smallest absolute Gasteiger partial charge is 0.178 e. The van der Waals surface area contributed by atoms with Crippen LogP contribution >= 0.6 is 0 Å². The third-order valence-electron chi connectivity index (χ3n) is 4.08. The number of benzene rings is 2. The molecule has 4 aromatic rings. The zero-order valence-corrected chi connectivity index (χ0v) is 13.6. The minimum absolute atomic E-state index is 0.594. The van der Waals surface area contributed by atoms with E-state index in [0.29, 0.717) is 17.1 Å². The monoisotopic (exact) mass is 322 g/mol. The van der Waals surface area contributed by atoms with Crippen molar-refractivity contribution in [2.75, 3.05) is 0 Å². The van der Waals surface area contributed by atoms with Crippen molar-refractivity contribution in [1.82, 2.24) is 15.0 Å². The number of para-hydroxylation sites is 1. The van der Waals surface area contributed by atoms with Gasteiger partial charge in [-0.1, -0.05) is 36.4 Å². The quantitative estimate of drug-likeness (QED) is 0.543. The molecule has 0 amide bonds. The van der Waals surface area contributed by atoms with Crippen LogP contribution in [-0.4, -0.2) is 15.0 Å². The molecule has 0 bridgehead atoms. The topological polar surface area (TPSA) is 62.5 Å². The molecule has 0 unspecified atom stereocenters. The molecule has 4 nitrogen and oxygen atoms in total. The summed E-state index contributed by atoms with van der Waals surface area (Å²) in [5.74, 6) is 0.594. The van der Waals surface area contributed by atoms with Gasteiger partial charge >= 0.3 is 0 Å². The van der Waals surface area contributed by atoms with Crippen LogP contribution in [0.5, 0.6) is 0 Å². The molecule has 25 heavy (non-hydrogen) atoms. The summed E-state index contributed by atoms with van der Waals surface area (Å²) in [6, 6.07) is 21.4. The van der Waals surface area contributed by atoms with Crippen LogP contribution in [0.2, 0.25) is 0 Å². The molecule has 0 aliphatic rings. The average molecular weight is 322 g/mol. The number of hydrogen-bond acceptors (Lipinski definition) is 4. The van der Waals surface area contributed by atoms with E-state index in [1.165, 1.54) is 0 Å². The van der Waals surface area contributed by atoms with Gasteiger partial charge in [0.05, 0.1) is 22.8 Å². The van der Waals surface area contributed by atoms with E-state index in [2.05, 4.69) is 16.0 Å². The summed E-state index contributed by atoms with van der Waals surface area (Å²) in [6.45, 7) is 2.01. The Morgan fingerprint density at radius 2 is 1.80 bits per heavy atom. The summed E-state index contributed by atoms with van der Waals surface area (Å²) in [6.07, 6.45) is 1.81. The Bertz CT molecular complexity index is 1130. The summed E-state index contributed by atoms with van der Waals surface area (Å²) in [4.78, 5) is 13.8. The molecule has 0 saturated carbocycles. The number of nitrogens with zero attached hydrogens (tertiary/aromatic N) is 4. The Balaban J connectivity index is 1.84. The Labute approximate surface area is 145 Å². The predicted molar refractivity (Wildman–Crippen MR) is 97.7 cm³/mol. The van der Waals surface area contributed by atoms with Crippen molar-refractivity contribution in [1.29, 1.82) is 5.26 Å². The number of aryl methyl sites for hydroxylation is 1. The molecule has 0 atom stereocenters. The summed E-state index contributed by atoms with van der Waals surface area (Å²) < 4.78 is 0. The van der Waals surface area contributed by atoms with Crippen LogP contribution in [-0.2, 0) is 0 Å². The molecule has 0 aliphatic carbocycles. The summed E-state index contributed by atoms with van der Waals surface area (Å²) in [5.41, 5.74) is 5.02. The normalized spacial score (nSPS) is 10.6. The lowest BCUT2D eigenvalue weighted by Gasteiger charge is -2.08. The molecule has 2 aromatic carbocycles. The highest BCUT2D eigenvalue weighted by Crippen LogP contribution is 2.25. The Morgan fingerprint density at radius 3 is 2.68 bits per heavy atom. The lowest BCUT2D eigenvalue weighted by molar-refractivity contribution is 1.17. The van der Waals surface area contributed by atoms with Crippen molar-refractivity contribution in [3.8, 4) is 28.8 Å². The maximum absolute atomic E-state index is 9.12. The van der Waals surface area contributed by atoms with Crippen molar-refractivity contribution in [3.05, 3.63) is 78.0 Å². The van der Waals surface area contributed by atoms with Gasteiger partial charge < -0.3 is 0 Å². The predicted octanol–water partition coefficient (Wildman–Crippen LogP) is 4.54. The molecule has 2 aromatic heterocycles. The van der Waals surface area contributed by atoms with Crippen LogP contribution in [0.25, 0.3) is 33.7 Å². The van der Waals surface area contributed by atoms with Crippen LogP contribution in [0.3, 0.4) is 0 Å². The number of fused-ring (bicyclic) bond motifs is 1. The molecular formula is C21H14N4. The molecule has 0 aliphatic heterocycles. The van der Waals surface area contributed by atoms with E-state index in [1.807, 2.05) is 67.7 Å². The first-order valence-electron chi connectivity index (χ1n) is 7.95. The lowest BCUT2D eigenvalue weighted by Crippen LogP contribution is -1.96. The molecule has 118 valence electrons. The van der Waals surface area contributed by atoms with Crippen LogP contribution in [0.15, 0.2) is 66.9 Å². The van der Waals surface area contributed by atoms with Gasteiger partial charge in [0.1, 0.15) is 5.69 Å². The molecule has 0 N–H and O–H groups in total. The van der Waals surface area contributed by atoms with Crippen molar-refractivity contribution < 1.29 is 0 Å². The van der Waals surface area contributed by atoms with E-state index in [-0.39, 0.29) is 0 Å². The van der Waals surface area contributed by atoms with Crippen molar-refractivity contribution in [3.63, 3.8) is 0 Å². The highest BCUT2D eigenvalue weighted by atomic mass is 14.9. The second kappa shape index (κ2) is 6.14. The molecular weight excluding hydrogens is 308 g/mol. The van der Waals surface area contributed by atoms with E-state index in [1.54, 1.807) is 6.07 Å². The third-order valence-corrected chi connectivity index (χ3v) is 4.08. The Kier molecular flexibility index (Phi) is 3.68. The number of nitriles is 1. The van der Waals surface area contributed by atoms with Gasteiger partial charge in [0, 0.05) is 17.1 Å². The number of rotatable bonds is 2. The number of pyridine rings is 1.